The fraction of sp³-hybridized carbons (Fsp3) is 0.455. The molecule has 1 aromatic heterocycles. The largest absolute Gasteiger partial charge is 0.468 e. The van der Waals surface area contributed by atoms with E-state index in [2.05, 4.69) is 15.0 Å². The van der Waals surface area contributed by atoms with Crippen LogP contribution < -0.4 is 5.32 Å². The number of pyridine rings is 1. The zero-order valence-corrected chi connectivity index (χ0v) is 11.4. The van der Waals surface area contributed by atoms with Crippen molar-refractivity contribution in [3.05, 3.63) is 22.8 Å². The molecule has 0 aliphatic rings. The van der Waals surface area contributed by atoms with Gasteiger partial charge in [-0.1, -0.05) is 11.6 Å². The van der Waals surface area contributed by atoms with E-state index in [9.17, 15) is 4.79 Å². The van der Waals surface area contributed by atoms with Crippen molar-refractivity contribution in [1.29, 1.82) is 0 Å². The van der Waals surface area contributed by atoms with Gasteiger partial charge in [0.1, 0.15) is 5.82 Å². The van der Waals surface area contributed by atoms with Crippen LogP contribution in [-0.2, 0) is 15.3 Å². The molecule has 0 radical (unpaired) electrons. The summed E-state index contributed by atoms with van der Waals surface area (Å²) < 4.78 is 4.56. The molecule has 6 heteroatoms. The van der Waals surface area contributed by atoms with Crippen molar-refractivity contribution in [1.82, 2.24) is 4.98 Å². The van der Waals surface area contributed by atoms with Crippen LogP contribution in [0.5, 0.6) is 0 Å². The molecule has 1 N–H and O–H groups in total. The van der Waals surface area contributed by atoms with E-state index < -0.39 is 0 Å². The Labute approximate surface area is 110 Å². The molecule has 0 fully saturated rings. The Hall–Kier alpha value is -0.940. The second-order valence-corrected chi connectivity index (χ2v) is 4.62. The van der Waals surface area contributed by atoms with Crippen LogP contribution in [0.25, 0.3) is 0 Å². The van der Waals surface area contributed by atoms with Crippen molar-refractivity contribution in [2.75, 3.05) is 24.7 Å². The number of esters is 1. The van der Waals surface area contributed by atoms with E-state index in [0.717, 1.165) is 18.1 Å². The SMILES string of the molecule is CCNc1ccc(Cl)c(CSCC(=O)OC)n1. The lowest BCUT2D eigenvalue weighted by Gasteiger charge is -2.07. The van der Waals surface area contributed by atoms with Crippen molar-refractivity contribution < 1.29 is 9.53 Å². The van der Waals surface area contributed by atoms with Crippen LogP contribution in [0.4, 0.5) is 5.82 Å². The van der Waals surface area contributed by atoms with E-state index in [-0.39, 0.29) is 5.97 Å². The van der Waals surface area contributed by atoms with Gasteiger partial charge in [-0.2, -0.15) is 0 Å². The quantitative estimate of drug-likeness (QED) is 0.808. The molecule has 94 valence electrons. The van der Waals surface area contributed by atoms with Crippen LogP contribution in [-0.4, -0.2) is 30.4 Å². The number of halogens is 1. The van der Waals surface area contributed by atoms with Gasteiger partial charge in [0.25, 0.3) is 0 Å². The first-order chi connectivity index (χ1) is 8.17. The first kappa shape index (κ1) is 14.1. The van der Waals surface area contributed by atoms with Crippen molar-refractivity contribution in [3.8, 4) is 0 Å². The maximum Gasteiger partial charge on any atom is 0.315 e. The second kappa shape index (κ2) is 7.40. The molecule has 0 spiro atoms. The summed E-state index contributed by atoms with van der Waals surface area (Å²) in [6.45, 7) is 2.81. The Kier molecular flexibility index (Phi) is 6.15. The molecule has 0 saturated heterocycles. The Morgan fingerprint density at radius 2 is 2.35 bits per heavy atom. The van der Waals surface area contributed by atoms with Crippen LogP contribution in [0.3, 0.4) is 0 Å². The first-order valence-electron chi connectivity index (χ1n) is 5.21. The summed E-state index contributed by atoms with van der Waals surface area (Å²) in [6.07, 6.45) is 0. The summed E-state index contributed by atoms with van der Waals surface area (Å²) in [5.41, 5.74) is 0.777. The lowest BCUT2D eigenvalue weighted by atomic mass is 10.3. The van der Waals surface area contributed by atoms with Crippen LogP contribution in [0.1, 0.15) is 12.6 Å². The third-order valence-corrected chi connectivity index (χ3v) is 3.22. The molecule has 0 aliphatic carbocycles. The van der Waals surface area contributed by atoms with E-state index >= 15 is 0 Å². The maximum atomic E-state index is 10.9. The van der Waals surface area contributed by atoms with Gasteiger partial charge < -0.3 is 10.1 Å². The minimum absolute atomic E-state index is 0.242. The fourth-order valence-corrected chi connectivity index (χ4v) is 2.21. The minimum Gasteiger partial charge on any atom is -0.468 e. The molecular weight excluding hydrogens is 260 g/mol. The first-order valence-corrected chi connectivity index (χ1v) is 6.74. The van der Waals surface area contributed by atoms with Crippen molar-refractivity contribution >= 4 is 35.1 Å². The molecule has 0 atom stereocenters. The molecule has 1 rings (SSSR count). The minimum atomic E-state index is -0.242. The van der Waals surface area contributed by atoms with Crippen LogP contribution in [0.2, 0.25) is 5.02 Å². The number of methoxy groups -OCH3 is 1. The van der Waals surface area contributed by atoms with Crippen molar-refractivity contribution in [3.63, 3.8) is 0 Å². The lowest BCUT2D eigenvalue weighted by Crippen LogP contribution is -2.04. The third-order valence-electron chi connectivity index (χ3n) is 1.96. The molecule has 0 bridgehead atoms. The van der Waals surface area contributed by atoms with Crippen molar-refractivity contribution in [2.45, 2.75) is 12.7 Å². The highest BCUT2D eigenvalue weighted by Crippen LogP contribution is 2.21. The summed E-state index contributed by atoms with van der Waals surface area (Å²) in [6, 6.07) is 3.64. The highest BCUT2D eigenvalue weighted by molar-refractivity contribution is 7.99. The summed E-state index contributed by atoms with van der Waals surface area (Å²) in [5, 5.41) is 3.73. The Balaban J connectivity index is 2.56. The van der Waals surface area contributed by atoms with Gasteiger partial charge in [0, 0.05) is 12.3 Å². The summed E-state index contributed by atoms with van der Waals surface area (Å²) in [5.74, 6) is 1.45. The number of thioether (sulfide) groups is 1. The van der Waals surface area contributed by atoms with E-state index in [1.54, 1.807) is 6.07 Å². The fourth-order valence-electron chi connectivity index (χ4n) is 1.16. The standard InChI is InChI=1S/C11H15ClN2O2S/c1-3-13-10-5-4-8(12)9(14-10)6-17-7-11(15)16-2/h4-5H,3,6-7H2,1-2H3,(H,13,14). The van der Waals surface area contributed by atoms with E-state index in [1.807, 2.05) is 13.0 Å². The van der Waals surface area contributed by atoms with Gasteiger partial charge in [0.2, 0.25) is 0 Å². The molecule has 1 heterocycles. The number of ether oxygens (including phenoxy) is 1. The number of anilines is 1. The number of hydrogen-bond acceptors (Lipinski definition) is 5. The van der Waals surface area contributed by atoms with Crippen LogP contribution >= 0.6 is 23.4 Å². The number of nitrogens with one attached hydrogen (secondary N) is 1. The van der Waals surface area contributed by atoms with Gasteiger partial charge in [-0.05, 0) is 19.1 Å². The topological polar surface area (TPSA) is 51.2 Å². The Morgan fingerprint density at radius 3 is 3.00 bits per heavy atom. The predicted octanol–water partition coefficient (Wildman–Crippen LogP) is 2.57. The third kappa shape index (κ3) is 4.83. The van der Waals surface area contributed by atoms with Gasteiger partial charge in [-0.15, -0.1) is 11.8 Å². The number of carbonyl (C=O) groups is 1. The average Bonchev–Trinajstić information content (AvgIpc) is 2.33. The molecule has 0 amide bonds. The number of hydrogen-bond donors (Lipinski definition) is 1. The molecule has 0 aromatic carbocycles. The van der Waals surface area contributed by atoms with Gasteiger partial charge >= 0.3 is 5.97 Å². The summed E-state index contributed by atoms with van der Waals surface area (Å²) in [7, 11) is 1.37. The van der Waals surface area contributed by atoms with E-state index in [0.29, 0.717) is 16.5 Å². The highest BCUT2D eigenvalue weighted by Gasteiger charge is 2.06. The molecule has 1 aromatic rings. The van der Waals surface area contributed by atoms with E-state index in [4.69, 9.17) is 11.6 Å². The summed E-state index contributed by atoms with van der Waals surface area (Å²) >= 11 is 7.46. The maximum absolute atomic E-state index is 10.9. The zero-order chi connectivity index (χ0) is 12.7. The predicted molar refractivity (Wildman–Crippen MR) is 71.6 cm³/mol. The second-order valence-electron chi connectivity index (χ2n) is 3.22. The monoisotopic (exact) mass is 274 g/mol. The van der Waals surface area contributed by atoms with Gasteiger partial charge in [0.15, 0.2) is 0 Å². The highest BCUT2D eigenvalue weighted by atomic mass is 35.5. The molecule has 17 heavy (non-hydrogen) atoms. The number of aromatic nitrogens is 1. The molecule has 0 saturated carbocycles. The van der Waals surface area contributed by atoms with Crippen LogP contribution in [0.15, 0.2) is 12.1 Å². The normalized spacial score (nSPS) is 10.1. The van der Waals surface area contributed by atoms with Gasteiger partial charge in [-0.25, -0.2) is 4.98 Å². The average molecular weight is 275 g/mol. The van der Waals surface area contributed by atoms with Crippen molar-refractivity contribution in [2.24, 2.45) is 0 Å². The lowest BCUT2D eigenvalue weighted by molar-refractivity contribution is -0.137. The summed E-state index contributed by atoms with van der Waals surface area (Å²) in [4.78, 5) is 15.3. The number of carbonyl (C=O) groups excluding carboxylic acids is 1. The Bertz CT molecular complexity index is 388. The molecule has 0 unspecified atom stereocenters. The number of rotatable bonds is 6. The van der Waals surface area contributed by atoms with Gasteiger partial charge in [-0.3, -0.25) is 4.79 Å². The molecule has 4 nitrogen and oxygen atoms in total. The van der Waals surface area contributed by atoms with Gasteiger partial charge in [0.05, 0.1) is 23.6 Å². The smallest absolute Gasteiger partial charge is 0.315 e. The Morgan fingerprint density at radius 1 is 1.59 bits per heavy atom. The molecule has 0 aliphatic heterocycles. The van der Waals surface area contributed by atoms with E-state index in [1.165, 1.54) is 18.9 Å². The number of nitrogens with zero attached hydrogens (tertiary/aromatic N) is 1. The van der Waals surface area contributed by atoms with Crippen LogP contribution in [0, 0.1) is 0 Å². The molecular formula is C11H15ClN2O2S. The zero-order valence-electron chi connectivity index (χ0n) is 9.83.